The fraction of sp³-hybridized carbons (Fsp3) is 0.667. The molecule has 12 heavy (non-hydrogen) atoms. The van der Waals surface area contributed by atoms with Gasteiger partial charge < -0.3 is 0 Å². The maximum Gasteiger partial charge on any atom is -0.0172 e. The van der Waals surface area contributed by atoms with Gasteiger partial charge in [-0.1, -0.05) is 45.4 Å². The van der Waals surface area contributed by atoms with E-state index >= 15 is 0 Å². The third-order valence-corrected chi connectivity index (χ3v) is 2.24. The minimum absolute atomic E-state index is 0.722. The smallest absolute Gasteiger partial charge is 0.0172 e. The Balaban J connectivity index is 3.57. The normalized spacial score (nSPS) is 16.2. The van der Waals surface area contributed by atoms with Gasteiger partial charge in [-0.2, -0.15) is 0 Å². The van der Waals surface area contributed by atoms with Gasteiger partial charge in [0.1, 0.15) is 0 Å². The largest absolute Gasteiger partial charge is 0.103 e. The molecule has 0 fully saturated rings. The molecule has 0 bridgehead atoms. The summed E-state index contributed by atoms with van der Waals surface area (Å²) >= 11 is 0. The van der Waals surface area contributed by atoms with Crippen molar-refractivity contribution in [3.05, 3.63) is 24.8 Å². The highest BCUT2D eigenvalue weighted by Crippen LogP contribution is 2.15. The number of allylic oxidation sites excluding steroid dienone is 3. The molecule has 0 rings (SSSR count). The van der Waals surface area contributed by atoms with Crippen LogP contribution >= 0.6 is 0 Å². The lowest BCUT2D eigenvalue weighted by atomic mass is 9.95. The van der Waals surface area contributed by atoms with Crippen LogP contribution < -0.4 is 0 Å². The van der Waals surface area contributed by atoms with Gasteiger partial charge in [0.2, 0.25) is 0 Å². The lowest BCUT2D eigenvalue weighted by Gasteiger charge is -2.11. The zero-order chi connectivity index (χ0) is 9.40. The van der Waals surface area contributed by atoms with E-state index in [2.05, 4.69) is 39.5 Å². The van der Waals surface area contributed by atoms with E-state index in [4.69, 9.17) is 0 Å². The van der Waals surface area contributed by atoms with Gasteiger partial charge in [-0.25, -0.2) is 0 Å². The lowest BCUT2D eigenvalue weighted by Crippen LogP contribution is -1.98. The molecular weight excluding hydrogens is 144 g/mol. The van der Waals surface area contributed by atoms with E-state index in [9.17, 15) is 0 Å². The van der Waals surface area contributed by atoms with Crippen LogP contribution in [-0.4, -0.2) is 0 Å². The minimum Gasteiger partial charge on any atom is -0.103 e. The monoisotopic (exact) mass is 166 g/mol. The van der Waals surface area contributed by atoms with E-state index in [-0.39, 0.29) is 0 Å². The lowest BCUT2D eigenvalue weighted by molar-refractivity contribution is 0.454. The number of rotatable bonds is 6. The van der Waals surface area contributed by atoms with Crippen molar-refractivity contribution in [2.45, 2.75) is 40.0 Å². The summed E-state index contributed by atoms with van der Waals surface area (Å²) in [5.74, 6) is 1.58. The van der Waals surface area contributed by atoms with Gasteiger partial charge >= 0.3 is 0 Å². The molecule has 0 radical (unpaired) electrons. The number of hydrogen-bond donors (Lipinski definition) is 0. The molecule has 0 aromatic heterocycles. The fourth-order valence-electron chi connectivity index (χ4n) is 1.29. The molecule has 0 aromatic carbocycles. The molecule has 0 heterocycles. The van der Waals surface area contributed by atoms with Crippen molar-refractivity contribution in [1.82, 2.24) is 0 Å². The van der Waals surface area contributed by atoms with Crippen molar-refractivity contribution in [2.75, 3.05) is 0 Å². The maximum absolute atomic E-state index is 3.68. The van der Waals surface area contributed by atoms with Crippen molar-refractivity contribution >= 4 is 0 Å². The van der Waals surface area contributed by atoms with Crippen LogP contribution in [0.25, 0.3) is 0 Å². The molecule has 0 amide bonds. The highest BCUT2D eigenvalue weighted by molar-refractivity contribution is 4.91. The molecule has 0 saturated carbocycles. The van der Waals surface area contributed by atoms with E-state index in [1.807, 2.05) is 6.08 Å². The van der Waals surface area contributed by atoms with Crippen LogP contribution in [0.1, 0.15) is 40.0 Å². The standard InChI is InChI=1S/C12H22/c1-5-7-8-9-12(4)10-11(3)6-2/h5,8-9,11-12H,1,6-7,10H2,2-4H3. The average Bonchev–Trinajstić information content (AvgIpc) is 2.05. The van der Waals surface area contributed by atoms with Crippen LogP contribution in [0.2, 0.25) is 0 Å². The predicted molar refractivity (Wildman–Crippen MR) is 57.2 cm³/mol. The molecule has 0 saturated heterocycles. The molecule has 0 aliphatic rings. The van der Waals surface area contributed by atoms with Crippen molar-refractivity contribution < 1.29 is 0 Å². The second-order valence-corrected chi connectivity index (χ2v) is 3.68. The van der Waals surface area contributed by atoms with Gasteiger partial charge in [0.05, 0.1) is 0 Å². The summed E-state index contributed by atoms with van der Waals surface area (Å²) in [7, 11) is 0. The van der Waals surface area contributed by atoms with Crippen molar-refractivity contribution in [3.63, 3.8) is 0 Å². The third kappa shape index (κ3) is 6.21. The minimum atomic E-state index is 0.722. The van der Waals surface area contributed by atoms with Crippen LogP contribution in [0.5, 0.6) is 0 Å². The summed E-state index contributed by atoms with van der Waals surface area (Å²) in [5, 5.41) is 0. The molecule has 0 heteroatoms. The molecule has 0 N–H and O–H groups in total. The topological polar surface area (TPSA) is 0 Å². The molecular formula is C12H22. The summed E-state index contributed by atoms with van der Waals surface area (Å²) < 4.78 is 0. The van der Waals surface area contributed by atoms with Gasteiger partial charge in [-0.15, -0.1) is 6.58 Å². The fourth-order valence-corrected chi connectivity index (χ4v) is 1.29. The average molecular weight is 166 g/mol. The zero-order valence-electron chi connectivity index (χ0n) is 8.72. The molecule has 0 nitrogen and oxygen atoms in total. The third-order valence-electron chi connectivity index (χ3n) is 2.24. The quantitative estimate of drug-likeness (QED) is 0.519. The first-order chi connectivity index (χ1) is 5.70. The maximum atomic E-state index is 3.68. The Morgan fingerprint density at radius 3 is 2.50 bits per heavy atom. The SMILES string of the molecule is C=CCC=CC(C)CC(C)CC. The first-order valence-corrected chi connectivity index (χ1v) is 4.98. The molecule has 0 aromatic rings. The first-order valence-electron chi connectivity index (χ1n) is 4.98. The summed E-state index contributed by atoms with van der Waals surface area (Å²) in [6, 6.07) is 0. The van der Waals surface area contributed by atoms with E-state index < -0.39 is 0 Å². The van der Waals surface area contributed by atoms with Crippen molar-refractivity contribution in [3.8, 4) is 0 Å². The van der Waals surface area contributed by atoms with Gasteiger partial charge in [0.15, 0.2) is 0 Å². The molecule has 2 atom stereocenters. The Hall–Kier alpha value is -0.520. The summed E-state index contributed by atoms with van der Waals surface area (Å²) in [4.78, 5) is 0. The molecule has 70 valence electrons. The molecule has 0 spiro atoms. The van der Waals surface area contributed by atoms with Gasteiger partial charge in [-0.05, 0) is 24.7 Å². The highest BCUT2D eigenvalue weighted by atomic mass is 14.1. The highest BCUT2D eigenvalue weighted by Gasteiger charge is 2.02. The Bertz CT molecular complexity index is 133. The summed E-state index contributed by atoms with van der Waals surface area (Å²) in [6.07, 6.45) is 10.1. The van der Waals surface area contributed by atoms with Gasteiger partial charge in [0.25, 0.3) is 0 Å². The summed E-state index contributed by atoms with van der Waals surface area (Å²) in [5.41, 5.74) is 0. The second kappa shape index (κ2) is 7.15. The second-order valence-electron chi connectivity index (χ2n) is 3.68. The Labute approximate surface area is 77.4 Å². The Kier molecular flexibility index (Phi) is 6.84. The van der Waals surface area contributed by atoms with Gasteiger partial charge in [0, 0.05) is 0 Å². The predicted octanol–water partition coefficient (Wildman–Crippen LogP) is 4.19. The van der Waals surface area contributed by atoms with Crippen LogP contribution in [0.15, 0.2) is 24.8 Å². The summed E-state index contributed by atoms with van der Waals surface area (Å²) in [6.45, 7) is 10.5. The Morgan fingerprint density at radius 2 is 2.00 bits per heavy atom. The van der Waals surface area contributed by atoms with Crippen LogP contribution in [0, 0.1) is 11.8 Å². The van der Waals surface area contributed by atoms with Crippen LogP contribution in [-0.2, 0) is 0 Å². The Morgan fingerprint density at radius 1 is 1.33 bits per heavy atom. The van der Waals surface area contributed by atoms with Crippen LogP contribution in [0.3, 0.4) is 0 Å². The molecule has 0 aliphatic heterocycles. The zero-order valence-corrected chi connectivity index (χ0v) is 8.72. The van der Waals surface area contributed by atoms with Crippen molar-refractivity contribution in [1.29, 1.82) is 0 Å². The van der Waals surface area contributed by atoms with Crippen molar-refractivity contribution in [2.24, 2.45) is 11.8 Å². The number of hydrogen-bond acceptors (Lipinski definition) is 0. The van der Waals surface area contributed by atoms with Gasteiger partial charge in [-0.3, -0.25) is 0 Å². The van der Waals surface area contributed by atoms with E-state index in [1.165, 1.54) is 12.8 Å². The first kappa shape index (κ1) is 11.5. The molecule has 0 aliphatic carbocycles. The van der Waals surface area contributed by atoms with E-state index in [0.29, 0.717) is 0 Å². The van der Waals surface area contributed by atoms with Crippen LogP contribution in [0.4, 0.5) is 0 Å². The van der Waals surface area contributed by atoms with E-state index in [1.54, 1.807) is 0 Å². The molecule has 2 unspecified atom stereocenters. The van der Waals surface area contributed by atoms with E-state index in [0.717, 1.165) is 18.3 Å².